The minimum absolute atomic E-state index is 0.0449. The Balaban J connectivity index is 2.80. The SMILES string of the molecule is CCNc1c([S+](C)[O-])c(C(C)=O)nn1-c1c(Cl)cc(C(F)(F)F)cc1Cl. The molecule has 1 aromatic carbocycles. The van der Waals surface area contributed by atoms with Gasteiger partial charge in [-0.25, -0.2) is 4.68 Å². The van der Waals surface area contributed by atoms with Crippen molar-refractivity contribution < 1.29 is 22.5 Å². The van der Waals surface area contributed by atoms with Gasteiger partial charge in [0.25, 0.3) is 0 Å². The third-order valence-corrected chi connectivity index (χ3v) is 4.90. The molecule has 5 nitrogen and oxygen atoms in total. The highest BCUT2D eigenvalue weighted by Crippen LogP contribution is 2.39. The van der Waals surface area contributed by atoms with Crippen LogP contribution in [0.25, 0.3) is 5.69 Å². The molecule has 26 heavy (non-hydrogen) atoms. The van der Waals surface area contributed by atoms with Gasteiger partial charge in [0, 0.05) is 13.5 Å². The van der Waals surface area contributed by atoms with E-state index in [0.717, 1.165) is 16.8 Å². The number of rotatable bonds is 5. The van der Waals surface area contributed by atoms with E-state index in [-0.39, 0.29) is 32.1 Å². The highest BCUT2D eigenvalue weighted by Gasteiger charge is 2.34. The number of halogens is 5. The van der Waals surface area contributed by atoms with Gasteiger partial charge >= 0.3 is 6.18 Å². The molecule has 1 unspecified atom stereocenters. The molecule has 0 aliphatic heterocycles. The van der Waals surface area contributed by atoms with E-state index in [0.29, 0.717) is 6.54 Å². The number of carbonyl (C=O) groups excluding carboxylic acids is 1. The van der Waals surface area contributed by atoms with Crippen LogP contribution in [0, 0.1) is 0 Å². The van der Waals surface area contributed by atoms with Crippen LogP contribution in [0.4, 0.5) is 19.0 Å². The predicted octanol–water partition coefficient (Wildman–Crippen LogP) is 4.57. The maximum Gasteiger partial charge on any atom is 0.416 e. The zero-order chi connectivity index (χ0) is 19.8. The Bertz CT molecular complexity index is 830. The fraction of sp³-hybridized carbons (Fsp3) is 0.333. The van der Waals surface area contributed by atoms with E-state index in [1.54, 1.807) is 6.92 Å². The molecule has 11 heteroatoms. The lowest BCUT2D eigenvalue weighted by Crippen LogP contribution is -2.11. The van der Waals surface area contributed by atoms with Crippen LogP contribution in [-0.2, 0) is 17.4 Å². The first-order valence-electron chi connectivity index (χ1n) is 7.26. The van der Waals surface area contributed by atoms with E-state index < -0.39 is 28.7 Å². The molecule has 0 aliphatic carbocycles. The molecule has 1 heterocycles. The summed E-state index contributed by atoms with van der Waals surface area (Å²) in [5, 5.41) is 6.39. The van der Waals surface area contributed by atoms with Crippen LogP contribution in [0.5, 0.6) is 0 Å². The quantitative estimate of drug-likeness (QED) is 0.560. The fourth-order valence-corrected chi connectivity index (χ4v) is 3.86. The van der Waals surface area contributed by atoms with Crippen molar-refractivity contribution in [1.82, 2.24) is 9.78 Å². The van der Waals surface area contributed by atoms with Crippen molar-refractivity contribution in [3.05, 3.63) is 33.4 Å². The summed E-state index contributed by atoms with van der Waals surface area (Å²) in [5.74, 6) is -0.269. The Morgan fingerprint density at radius 1 is 1.35 bits per heavy atom. The Hall–Kier alpha value is -1.42. The Morgan fingerprint density at radius 3 is 2.27 bits per heavy atom. The van der Waals surface area contributed by atoms with Gasteiger partial charge in [0.2, 0.25) is 4.90 Å². The van der Waals surface area contributed by atoms with Crippen LogP contribution in [0.15, 0.2) is 17.0 Å². The summed E-state index contributed by atoms with van der Waals surface area (Å²) in [6.07, 6.45) is -3.26. The van der Waals surface area contributed by atoms with Gasteiger partial charge in [-0.05, 0) is 30.2 Å². The van der Waals surface area contributed by atoms with Crippen LogP contribution in [0.3, 0.4) is 0 Å². The molecule has 0 saturated heterocycles. The molecule has 0 fully saturated rings. The summed E-state index contributed by atoms with van der Waals surface area (Å²) < 4.78 is 52.0. The van der Waals surface area contributed by atoms with Gasteiger partial charge in [0.1, 0.15) is 11.9 Å². The normalized spacial score (nSPS) is 13.0. The molecule has 0 amide bonds. The topological polar surface area (TPSA) is 70.0 Å². The minimum Gasteiger partial charge on any atom is -0.611 e. The molecule has 1 atom stereocenters. The molecule has 2 rings (SSSR count). The second-order valence-corrected chi connectivity index (χ2v) is 7.40. The van der Waals surface area contributed by atoms with Crippen LogP contribution >= 0.6 is 23.2 Å². The van der Waals surface area contributed by atoms with E-state index in [1.165, 1.54) is 13.2 Å². The standard InChI is InChI=1S/C15H14Cl2F3N3O2S/c1-4-21-14-13(26(3)25)11(7(2)24)22-23(14)12-9(16)5-8(6-10(12)17)15(18,19)20/h5-6,21H,4H2,1-3H3. The van der Waals surface area contributed by atoms with Gasteiger partial charge in [-0.3, -0.25) is 4.79 Å². The lowest BCUT2D eigenvalue weighted by Gasteiger charge is -2.15. The summed E-state index contributed by atoms with van der Waals surface area (Å²) >= 11 is 10.5. The molecule has 0 saturated carbocycles. The molecule has 2 aromatic rings. The van der Waals surface area contributed by atoms with Gasteiger partial charge < -0.3 is 9.87 Å². The Labute approximate surface area is 160 Å². The number of hydrogen-bond acceptors (Lipinski definition) is 4. The van der Waals surface area contributed by atoms with Crippen molar-refractivity contribution in [2.45, 2.75) is 24.9 Å². The number of carbonyl (C=O) groups is 1. The number of nitrogens with zero attached hydrogens (tertiary/aromatic N) is 2. The molecule has 0 bridgehead atoms. The number of anilines is 1. The smallest absolute Gasteiger partial charge is 0.416 e. The van der Waals surface area contributed by atoms with Crippen LogP contribution in [0.1, 0.15) is 29.9 Å². The van der Waals surface area contributed by atoms with Gasteiger partial charge in [0.15, 0.2) is 17.3 Å². The first-order valence-corrected chi connectivity index (χ1v) is 9.58. The zero-order valence-corrected chi connectivity index (χ0v) is 16.2. The minimum atomic E-state index is -4.62. The van der Waals surface area contributed by atoms with Crippen molar-refractivity contribution in [2.75, 3.05) is 18.1 Å². The number of aromatic nitrogens is 2. The summed E-state index contributed by atoms with van der Waals surface area (Å²) in [7, 11) is 0. The van der Waals surface area contributed by atoms with Gasteiger partial charge in [0.05, 0.1) is 15.6 Å². The van der Waals surface area contributed by atoms with E-state index >= 15 is 0 Å². The molecule has 1 aromatic heterocycles. The first-order chi connectivity index (χ1) is 12.0. The summed E-state index contributed by atoms with van der Waals surface area (Å²) in [6, 6.07) is 1.44. The van der Waals surface area contributed by atoms with Gasteiger partial charge in [-0.2, -0.15) is 18.3 Å². The molecule has 1 N–H and O–H groups in total. The van der Waals surface area contributed by atoms with E-state index in [1.807, 2.05) is 0 Å². The van der Waals surface area contributed by atoms with Crippen molar-refractivity contribution >= 4 is 46.0 Å². The second kappa shape index (κ2) is 7.67. The maximum atomic E-state index is 12.9. The zero-order valence-electron chi connectivity index (χ0n) is 13.9. The lowest BCUT2D eigenvalue weighted by atomic mass is 10.2. The fourth-order valence-electron chi connectivity index (χ4n) is 2.32. The molecule has 0 spiro atoms. The lowest BCUT2D eigenvalue weighted by molar-refractivity contribution is -0.137. The molecule has 142 valence electrons. The number of hydrogen-bond donors (Lipinski definition) is 1. The number of alkyl halides is 3. The predicted molar refractivity (Wildman–Crippen MR) is 95.1 cm³/mol. The average Bonchev–Trinajstić information content (AvgIpc) is 2.86. The number of ketones is 1. The van der Waals surface area contributed by atoms with E-state index in [4.69, 9.17) is 23.2 Å². The van der Waals surface area contributed by atoms with Crippen molar-refractivity contribution in [2.24, 2.45) is 0 Å². The Kier molecular flexibility index (Phi) is 6.17. The summed E-state index contributed by atoms with van der Waals surface area (Å²) in [4.78, 5) is 12.0. The van der Waals surface area contributed by atoms with E-state index in [9.17, 15) is 22.5 Å². The van der Waals surface area contributed by atoms with Gasteiger partial charge in [-0.15, -0.1) is 0 Å². The largest absolute Gasteiger partial charge is 0.611 e. The average molecular weight is 428 g/mol. The number of benzene rings is 1. The van der Waals surface area contributed by atoms with Crippen LogP contribution < -0.4 is 5.32 Å². The molecule has 0 radical (unpaired) electrons. The number of nitrogens with one attached hydrogen (secondary N) is 1. The molecule has 0 aliphatic rings. The summed E-state index contributed by atoms with van der Waals surface area (Å²) in [6.45, 7) is 3.38. The molecular weight excluding hydrogens is 414 g/mol. The third kappa shape index (κ3) is 3.95. The highest BCUT2D eigenvalue weighted by molar-refractivity contribution is 7.91. The maximum absolute atomic E-state index is 12.9. The van der Waals surface area contributed by atoms with Crippen LogP contribution in [0.2, 0.25) is 10.0 Å². The summed E-state index contributed by atoms with van der Waals surface area (Å²) in [5.41, 5.74) is -1.13. The second-order valence-electron chi connectivity index (χ2n) is 5.27. The Morgan fingerprint density at radius 2 is 1.88 bits per heavy atom. The third-order valence-electron chi connectivity index (χ3n) is 3.36. The van der Waals surface area contributed by atoms with Gasteiger partial charge in [-0.1, -0.05) is 23.2 Å². The monoisotopic (exact) mass is 427 g/mol. The molecular formula is C15H14Cl2F3N3O2S. The first kappa shape index (κ1) is 20.9. The number of Topliss-reactive ketones (excluding diaryl/α,β-unsaturated/α-hetero) is 1. The van der Waals surface area contributed by atoms with Crippen molar-refractivity contribution in [3.63, 3.8) is 0 Å². The highest BCUT2D eigenvalue weighted by atomic mass is 35.5. The van der Waals surface area contributed by atoms with Crippen LogP contribution in [-0.4, -0.2) is 32.9 Å². The van der Waals surface area contributed by atoms with E-state index in [2.05, 4.69) is 10.4 Å². The van der Waals surface area contributed by atoms with Crippen molar-refractivity contribution in [1.29, 1.82) is 0 Å². The van der Waals surface area contributed by atoms with Crippen molar-refractivity contribution in [3.8, 4) is 5.69 Å².